The summed E-state index contributed by atoms with van der Waals surface area (Å²) in [5.74, 6) is -0.0206. The molecular weight excluding hydrogens is 570 g/mol. The average Bonchev–Trinajstić information content (AvgIpc) is 2.24. The standard InChI is InChI=1S/C9H7ClI3NO2/c10-2-4-5(11)1-6(12)9(8(4)13)14-7(16)3-15/h1,15H,2-3H2,(H,14,16). The quantitative estimate of drug-likeness (QED) is 0.429. The lowest BCUT2D eigenvalue weighted by molar-refractivity contribution is -0.118. The fourth-order valence-corrected chi connectivity index (χ4v) is 5.80. The van der Waals surface area contributed by atoms with Crippen LogP contribution in [0.5, 0.6) is 0 Å². The molecule has 0 aliphatic rings. The van der Waals surface area contributed by atoms with Crippen molar-refractivity contribution in [2.75, 3.05) is 11.9 Å². The summed E-state index contributed by atoms with van der Waals surface area (Å²) in [6.45, 7) is -0.519. The lowest BCUT2D eigenvalue weighted by atomic mass is 10.2. The van der Waals surface area contributed by atoms with Crippen molar-refractivity contribution >= 4 is 91.0 Å². The molecule has 2 N–H and O–H groups in total. The van der Waals surface area contributed by atoms with Gasteiger partial charge in [0.1, 0.15) is 6.61 Å². The Morgan fingerprint density at radius 3 is 2.50 bits per heavy atom. The molecule has 7 heteroatoms. The number of aliphatic hydroxyl groups is 1. The van der Waals surface area contributed by atoms with Crippen molar-refractivity contribution in [3.63, 3.8) is 0 Å². The molecule has 0 unspecified atom stereocenters. The Kier molecular flexibility index (Phi) is 6.55. The second-order valence-electron chi connectivity index (χ2n) is 2.85. The Morgan fingerprint density at radius 2 is 2.00 bits per heavy atom. The van der Waals surface area contributed by atoms with Crippen molar-refractivity contribution in [1.82, 2.24) is 0 Å². The van der Waals surface area contributed by atoms with Gasteiger partial charge < -0.3 is 10.4 Å². The van der Waals surface area contributed by atoms with Crippen LogP contribution in [0, 0.1) is 10.7 Å². The number of aliphatic hydroxyl groups excluding tert-OH is 1. The van der Waals surface area contributed by atoms with Crippen LogP contribution in [0.4, 0.5) is 5.69 Å². The topological polar surface area (TPSA) is 49.3 Å². The summed E-state index contributed by atoms with van der Waals surface area (Å²) in [6, 6.07) is 1.95. The van der Waals surface area contributed by atoms with E-state index in [0.29, 0.717) is 5.88 Å². The fraction of sp³-hybridized carbons (Fsp3) is 0.222. The number of carbonyl (C=O) groups is 1. The number of carbonyl (C=O) groups excluding carboxylic acids is 1. The largest absolute Gasteiger partial charge is 0.387 e. The first-order valence-corrected chi connectivity index (χ1v) is 7.91. The van der Waals surface area contributed by atoms with E-state index in [4.69, 9.17) is 16.7 Å². The average molecular weight is 577 g/mol. The third kappa shape index (κ3) is 3.56. The van der Waals surface area contributed by atoms with E-state index in [2.05, 4.69) is 73.1 Å². The van der Waals surface area contributed by atoms with Crippen LogP contribution in [0.1, 0.15) is 5.56 Å². The summed E-state index contributed by atoms with van der Waals surface area (Å²) in [5, 5.41) is 11.4. The van der Waals surface area contributed by atoms with Crippen LogP contribution in [-0.2, 0) is 10.7 Å². The molecule has 0 aliphatic heterocycles. The zero-order valence-electron chi connectivity index (χ0n) is 7.86. The second kappa shape index (κ2) is 6.90. The van der Waals surface area contributed by atoms with Gasteiger partial charge >= 0.3 is 0 Å². The molecule has 3 nitrogen and oxygen atoms in total. The van der Waals surface area contributed by atoms with Gasteiger partial charge in [-0.2, -0.15) is 0 Å². The molecule has 1 rings (SSSR count). The maximum absolute atomic E-state index is 11.2. The molecule has 0 spiro atoms. The number of benzene rings is 1. The van der Waals surface area contributed by atoms with E-state index in [9.17, 15) is 4.79 Å². The van der Waals surface area contributed by atoms with Gasteiger partial charge in [-0.3, -0.25) is 4.79 Å². The van der Waals surface area contributed by atoms with Crippen molar-refractivity contribution < 1.29 is 9.90 Å². The van der Waals surface area contributed by atoms with E-state index in [1.807, 2.05) is 6.07 Å². The van der Waals surface area contributed by atoms with E-state index in [-0.39, 0.29) is 0 Å². The number of alkyl halides is 1. The molecule has 1 aromatic carbocycles. The van der Waals surface area contributed by atoms with Gasteiger partial charge in [0.25, 0.3) is 0 Å². The van der Waals surface area contributed by atoms with Crippen molar-refractivity contribution in [3.05, 3.63) is 22.3 Å². The predicted molar refractivity (Wildman–Crippen MR) is 89.9 cm³/mol. The maximum atomic E-state index is 11.2. The van der Waals surface area contributed by atoms with Crippen LogP contribution in [0.3, 0.4) is 0 Å². The van der Waals surface area contributed by atoms with Gasteiger partial charge in [0, 0.05) is 16.6 Å². The highest BCUT2D eigenvalue weighted by atomic mass is 127. The Labute approximate surface area is 139 Å². The monoisotopic (exact) mass is 577 g/mol. The number of halogens is 4. The van der Waals surface area contributed by atoms with Crippen LogP contribution < -0.4 is 5.32 Å². The van der Waals surface area contributed by atoms with E-state index in [1.165, 1.54) is 0 Å². The fourth-order valence-electron chi connectivity index (χ4n) is 1.05. The normalized spacial score (nSPS) is 10.3. The van der Waals surface area contributed by atoms with Gasteiger partial charge in [-0.05, 0) is 79.4 Å². The van der Waals surface area contributed by atoms with Gasteiger partial charge in [-0.15, -0.1) is 11.6 Å². The summed E-state index contributed by atoms with van der Waals surface area (Å²) < 4.78 is 2.93. The maximum Gasteiger partial charge on any atom is 0.250 e. The molecule has 0 atom stereocenters. The highest BCUT2D eigenvalue weighted by Gasteiger charge is 2.14. The molecule has 16 heavy (non-hydrogen) atoms. The third-order valence-corrected chi connectivity index (χ3v) is 5.08. The number of hydrogen-bond donors (Lipinski definition) is 2. The zero-order valence-corrected chi connectivity index (χ0v) is 15.1. The summed E-state index contributed by atoms with van der Waals surface area (Å²) in [7, 11) is 0. The Bertz CT molecular complexity index is 426. The van der Waals surface area contributed by atoms with Gasteiger partial charge in [0.05, 0.1) is 5.69 Å². The van der Waals surface area contributed by atoms with Gasteiger partial charge in [0.2, 0.25) is 5.91 Å². The molecule has 0 bridgehead atoms. The summed E-state index contributed by atoms with van der Waals surface area (Å²) >= 11 is 12.4. The lowest BCUT2D eigenvalue weighted by Gasteiger charge is -2.13. The highest BCUT2D eigenvalue weighted by Crippen LogP contribution is 2.32. The Morgan fingerprint density at radius 1 is 1.38 bits per heavy atom. The summed E-state index contributed by atoms with van der Waals surface area (Å²) in [6.07, 6.45) is 0. The van der Waals surface area contributed by atoms with Gasteiger partial charge in [0.15, 0.2) is 0 Å². The number of nitrogens with one attached hydrogen (secondary N) is 1. The molecule has 0 saturated carbocycles. The molecule has 0 aromatic heterocycles. The van der Waals surface area contributed by atoms with E-state index >= 15 is 0 Å². The molecule has 0 saturated heterocycles. The van der Waals surface area contributed by atoms with Crippen molar-refractivity contribution in [1.29, 1.82) is 0 Å². The minimum absolute atomic E-state index is 0.398. The van der Waals surface area contributed by atoms with Crippen LogP contribution in [-0.4, -0.2) is 17.6 Å². The minimum Gasteiger partial charge on any atom is -0.387 e. The van der Waals surface area contributed by atoms with Crippen LogP contribution in [0.25, 0.3) is 0 Å². The molecule has 0 aliphatic carbocycles. The Balaban J connectivity index is 3.22. The molecule has 0 heterocycles. The SMILES string of the molecule is O=C(CO)Nc1c(I)cc(I)c(CCl)c1I. The van der Waals surface area contributed by atoms with E-state index in [1.54, 1.807) is 0 Å². The molecule has 0 fully saturated rings. The molecule has 0 radical (unpaired) electrons. The first-order chi connectivity index (χ1) is 7.51. The first kappa shape index (κ1) is 15.2. The zero-order chi connectivity index (χ0) is 12.3. The molecule has 1 amide bonds. The lowest BCUT2D eigenvalue weighted by Crippen LogP contribution is -2.17. The van der Waals surface area contributed by atoms with Crippen LogP contribution >= 0.6 is 79.4 Å². The predicted octanol–water partition coefficient (Wildman–Crippen LogP) is 3.17. The van der Waals surface area contributed by atoms with Crippen molar-refractivity contribution in [2.45, 2.75) is 5.88 Å². The summed E-state index contributed by atoms with van der Waals surface area (Å²) in [5.41, 5.74) is 1.72. The van der Waals surface area contributed by atoms with Crippen LogP contribution in [0.2, 0.25) is 0 Å². The van der Waals surface area contributed by atoms with Crippen molar-refractivity contribution in [3.8, 4) is 0 Å². The Hall–Kier alpha value is 1.13. The van der Waals surface area contributed by atoms with Crippen LogP contribution in [0.15, 0.2) is 6.07 Å². The molecule has 88 valence electrons. The molecule has 1 aromatic rings. The van der Waals surface area contributed by atoms with Gasteiger partial charge in [-0.25, -0.2) is 0 Å². The first-order valence-electron chi connectivity index (χ1n) is 4.14. The third-order valence-electron chi connectivity index (χ3n) is 1.81. The number of anilines is 1. The molecular formula is C9H7ClI3NO2. The number of amides is 1. The van der Waals surface area contributed by atoms with Gasteiger partial charge in [-0.1, -0.05) is 0 Å². The van der Waals surface area contributed by atoms with E-state index < -0.39 is 12.5 Å². The smallest absolute Gasteiger partial charge is 0.250 e. The number of hydrogen-bond acceptors (Lipinski definition) is 2. The second-order valence-corrected chi connectivity index (χ2v) is 6.52. The highest BCUT2D eigenvalue weighted by molar-refractivity contribution is 14.1. The van der Waals surface area contributed by atoms with Crippen molar-refractivity contribution in [2.24, 2.45) is 0 Å². The number of rotatable bonds is 3. The minimum atomic E-state index is -0.519. The summed E-state index contributed by atoms with van der Waals surface area (Å²) in [4.78, 5) is 11.2. The van der Waals surface area contributed by atoms with E-state index in [0.717, 1.165) is 22.0 Å².